The summed E-state index contributed by atoms with van der Waals surface area (Å²) in [6.45, 7) is 3.11. The Bertz CT molecular complexity index is 110. The van der Waals surface area contributed by atoms with E-state index >= 15 is 0 Å². The summed E-state index contributed by atoms with van der Waals surface area (Å²) in [7, 11) is 1.64. The number of rotatable bonds is 0. The lowest BCUT2D eigenvalue weighted by Gasteiger charge is -1.70. The maximum Gasteiger partial charge on any atom is 0.0269 e. The summed E-state index contributed by atoms with van der Waals surface area (Å²) in [5.74, 6) is 0. The van der Waals surface area contributed by atoms with Gasteiger partial charge in [0.2, 0.25) is 0 Å². The summed E-state index contributed by atoms with van der Waals surface area (Å²) in [6.07, 6.45) is 3.50. The topological polar surface area (TPSA) is 25.2 Å². The smallest absolute Gasteiger partial charge is 0.0269 e. The summed E-state index contributed by atoms with van der Waals surface area (Å²) >= 11 is 0. The van der Waals surface area contributed by atoms with Gasteiger partial charge in [-0.3, -0.25) is 4.98 Å². The molecule has 2 heteroatoms. The summed E-state index contributed by atoms with van der Waals surface area (Å²) in [5.41, 5.74) is 0. The van der Waals surface area contributed by atoms with Crippen LogP contribution in [0.25, 0.3) is 0 Å². The van der Waals surface area contributed by atoms with Crippen molar-refractivity contribution in [1.82, 2.24) is 4.98 Å². The quantitative estimate of drug-likeness (QED) is 0.477. The van der Waals surface area contributed by atoms with Gasteiger partial charge < -0.3 is 4.99 Å². The highest BCUT2D eigenvalue weighted by Gasteiger charge is 1.58. The van der Waals surface area contributed by atoms with Crippen molar-refractivity contribution in [3.8, 4) is 0 Å². The first-order valence-corrected chi connectivity index (χ1v) is 2.61. The Hall–Kier alpha value is -1.18. The largest absolute Gasteiger partial charge is 0.304 e. The molecule has 1 aromatic heterocycles. The van der Waals surface area contributed by atoms with Crippen LogP contribution in [0.5, 0.6) is 0 Å². The van der Waals surface area contributed by atoms with Crippen molar-refractivity contribution in [2.75, 3.05) is 7.05 Å². The third-order valence-corrected chi connectivity index (χ3v) is 0.566. The van der Waals surface area contributed by atoms with E-state index in [0.717, 1.165) is 0 Å². The van der Waals surface area contributed by atoms with Crippen LogP contribution in [0.2, 0.25) is 0 Å². The van der Waals surface area contributed by atoms with Gasteiger partial charge in [0, 0.05) is 19.4 Å². The highest BCUT2D eigenvalue weighted by molar-refractivity contribution is 5.22. The fourth-order valence-corrected chi connectivity index (χ4v) is 0.313. The molecule has 1 heterocycles. The molecule has 48 valence electrons. The van der Waals surface area contributed by atoms with Gasteiger partial charge in [0.05, 0.1) is 0 Å². The van der Waals surface area contributed by atoms with Crippen LogP contribution in [0.4, 0.5) is 0 Å². The lowest BCUT2D eigenvalue weighted by molar-refractivity contribution is 1.33. The zero-order chi connectivity index (χ0) is 6.95. The van der Waals surface area contributed by atoms with Crippen LogP contribution in [0, 0.1) is 0 Å². The molecule has 0 saturated carbocycles. The molecule has 0 atom stereocenters. The minimum absolute atomic E-state index is 1.64. The van der Waals surface area contributed by atoms with Crippen LogP contribution in [0.15, 0.2) is 35.6 Å². The number of pyridine rings is 1. The molecular weight excluding hydrogens is 112 g/mol. The van der Waals surface area contributed by atoms with Crippen molar-refractivity contribution in [3.05, 3.63) is 30.6 Å². The zero-order valence-corrected chi connectivity index (χ0v) is 5.49. The molecule has 1 rings (SSSR count). The Morgan fingerprint density at radius 1 is 1.22 bits per heavy atom. The SMILES string of the molecule is C=NC.c1ccncc1. The summed E-state index contributed by atoms with van der Waals surface area (Å²) < 4.78 is 0. The molecule has 0 fully saturated rings. The van der Waals surface area contributed by atoms with Gasteiger partial charge in [-0.25, -0.2) is 0 Å². The van der Waals surface area contributed by atoms with E-state index < -0.39 is 0 Å². The van der Waals surface area contributed by atoms with Gasteiger partial charge in [0.25, 0.3) is 0 Å². The molecule has 0 aliphatic carbocycles. The Morgan fingerprint density at radius 3 is 1.78 bits per heavy atom. The van der Waals surface area contributed by atoms with Gasteiger partial charge >= 0.3 is 0 Å². The lowest BCUT2D eigenvalue weighted by Crippen LogP contribution is -1.58. The van der Waals surface area contributed by atoms with Crippen LogP contribution in [-0.4, -0.2) is 18.7 Å². The van der Waals surface area contributed by atoms with Crippen LogP contribution >= 0.6 is 0 Å². The molecule has 0 aliphatic heterocycles. The third-order valence-electron chi connectivity index (χ3n) is 0.566. The van der Waals surface area contributed by atoms with Crippen LogP contribution < -0.4 is 0 Å². The average Bonchev–Trinajstić information content (AvgIpc) is 1.93. The van der Waals surface area contributed by atoms with Crippen molar-refractivity contribution in [1.29, 1.82) is 0 Å². The number of aliphatic imine (C=N–C) groups is 1. The van der Waals surface area contributed by atoms with Crippen molar-refractivity contribution >= 4 is 6.72 Å². The molecule has 0 saturated heterocycles. The van der Waals surface area contributed by atoms with Gasteiger partial charge in [-0.2, -0.15) is 0 Å². The molecule has 0 aliphatic rings. The maximum atomic E-state index is 3.78. The standard InChI is InChI=1S/C5H5N.C2H5N/c1-2-4-6-5-3-1;1-3-2/h1-5H;1H2,2H3. The second-order valence-corrected chi connectivity index (χ2v) is 1.34. The van der Waals surface area contributed by atoms with E-state index in [1.54, 1.807) is 19.4 Å². The number of hydrogen-bond donors (Lipinski definition) is 0. The van der Waals surface area contributed by atoms with Gasteiger partial charge in [0.1, 0.15) is 0 Å². The monoisotopic (exact) mass is 122 g/mol. The molecule has 9 heavy (non-hydrogen) atoms. The lowest BCUT2D eigenvalue weighted by atomic mass is 10.5. The van der Waals surface area contributed by atoms with E-state index in [1.807, 2.05) is 18.2 Å². The summed E-state index contributed by atoms with van der Waals surface area (Å²) in [6, 6.07) is 5.72. The molecular formula is C7H10N2. The molecule has 2 nitrogen and oxygen atoms in total. The normalized spacial score (nSPS) is 6.78. The van der Waals surface area contributed by atoms with E-state index in [1.165, 1.54) is 0 Å². The Balaban J connectivity index is 0.000000187. The fourth-order valence-electron chi connectivity index (χ4n) is 0.313. The Morgan fingerprint density at radius 2 is 1.67 bits per heavy atom. The second kappa shape index (κ2) is 6.82. The van der Waals surface area contributed by atoms with Gasteiger partial charge in [0.15, 0.2) is 0 Å². The Kier molecular flexibility index (Phi) is 5.93. The van der Waals surface area contributed by atoms with Gasteiger partial charge in [-0.05, 0) is 18.9 Å². The van der Waals surface area contributed by atoms with Crippen molar-refractivity contribution in [2.24, 2.45) is 4.99 Å². The summed E-state index contributed by atoms with van der Waals surface area (Å²) in [4.78, 5) is 7.03. The van der Waals surface area contributed by atoms with Crippen LogP contribution in [0.1, 0.15) is 0 Å². The molecule has 0 amide bonds. The second-order valence-electron chi connectivity index (χ2n) is 1.34. The fraction of sp³-hybridized carbons (Fsp3) is 0.143. The number of nitrogens with zero attached hydrogens (tertiary/aromatic N) is 2. The first kappa shape index (κ1) is 7.82. The maximum absolute atomic E-state index is 3.78. The number of aromatic nitrogens is 1. The first-order valence-electron chi connectivity index (χ1n) is 2.61. The van der Waals surface area contributed by atoms with E-state index in [4.69, 9.17) is 0 Å². The van der Waals surface area contributed by atoms with Crippen molar-refractivity contribution in [2.45, 2.75) is 0 Å². The van der Waals surface area contributed by atoms with Crippen molar-refractivity contribution in [3.63, 3.8) is 0 Å². The van der Waals surface area contributed by atoms with E-state index in [2.05, 4.69) is 16.7 Å². The van der Waals surface area contributed by atoms with Gasteiger partial charge in [-0.1, -0.05) is 6.07 Å². The van der Waals surface area contributed by atoms with E-state index in [0.29, 0.717) is 0 Å². The minimum atomic E-state index is 1.64. The average molecular weight is 122 g/mol. The third kappa shape index (κ3) is 6.82. The first-order chi connectivity index (χ1) is 4.41. The minimum Gasteiger partial charge on any atom is -0.304 e. The highest BCUT2D eigenvalue weighted by Crippen LogP contribution is 1.73. The van der Waals surface area contributed by atoms with Crippen LogP contribution in [-0.2, 0) is 0 Å². The molecule has 0 spiro atoms. The van der Waals surface area contributed by atoms with Gasteiger partial charge in [-0.15, -0.1) is 0 Å². The molecule has 0 bridgehead atoms. The molecule has 0 aromatic carbocycles. The predicted molar refractivity (Wildman–Crippen MR) is 39.7 cm³/mol. The summed E-state index contributed by atoms with van der Waals surface area (Å²) in [5, 5.41) is 0. The number of hydrogen-bond acceptors (Lipinski definition) is 2. The molecule has 0 unspecified atom stereocenters. The Labute approximate surface area is 55.3 Å². The highest BCUT2D eigenvalue weighted by atomic mass is 14.6. The van der Waals surface area contributed by atoms with E-state index in [9.17, 15) is 0 Å². The zero-order valence-electron chi connectivity index (χ0n) is 5.49. The molecule has 0 N–H and O–H groups in total. The van der Waals surface area contributed by atoms with E-state index in [-0.39, 0.29) is 0 Å². The molecule has 0 radical (unpaired) electrons. The van der Waals surface area contributed by atoms with Crippen molar-refractivity contribution < 1.29 is 0 Å². The van der Waals surface area contributed by atoms with Crippen LogP contribution in [0.3, 0.4) is 0 Å². The predicted octanol–water partition coefficient (Wildman–Crippen LogP) is 1.40. The molecule has 1 aromatic rings.